The van der Waals surface area contributed by atoms with Crippen molar-refractivity contribution in [3.63, 3.8) is 0 Å². The molecule has 1 heterocycles. The summed E-state index contributed by atoms with van der Waals surface area (Å²) in [6, 6.07) is 13.5. The first-order valence-corrected chi connectivity index (χ1v) is 7.59. The Kier molecular flexibility index (Phi) is 4.30. The number of non-ortho nitro benzene ring substituents is 1. The molecular weight excluding hydrogens is 322 g/mol. The summed E-state index contributed by atoms with van der Waals surface area (Å²) in [4.78, 5) is 36.2. The van der Waals surface area contributed by atoms with Gasteiger partial charge in [0.15, 0.2) is 0 Å². The topological polar surface area (TPSA) is 92.6 Å². The van der Waals surface area contributed by atoms with Crippen LogP contribution in [0.1, 0.15) is 11.1 Å². The first kappa shape index (κ1) is 16.4. The van der Waals surface area contributed by atoms with Gasteiger partial charge in [0, 0.05) is 23.9 Å². The van der Waals surface area contributed by atoms with Gasteiger partial charge in [0.25, 0.3) is 17.5 Å². The van der Waals surface area contributed by atoms with Crippen molar-refractivity contribution in [2.45, 2.75) is 13.5 Å². The quantitative estimate of drug-likeness (QED) is 0.514. The van der Waals surface area contributed by atoms with Gasteiger partial charge in [-0.2, -0.15) is 0 Å². The fourth-order valence-electron chi connectivity index (χ4n) is 2.52. The molecule has 2 aromatic carbocycles. The van der Waals surface area contributed by atoms with Gasteiger partial charge < -0.3 is 5.32 Å². The Balaban J connectivity index is 1.79. The number of rotatable bonds is 5. The van der Waals surface area contributed by atoms with Crippen LogP contribution in [0.15, 0.2) is 60.3 Å². The molecule has 0 spiro atoms. The van der Waals surface area contributed by atoms with E-state index in [2.05, 4.69) is 5.32 Å². The van der Waals surface area contributed by atoms with Crippen molar-refractivity contribution in [1.29, 1.82) is 0 Å². The molecule has 2 aromatic rings. The van der Waals surface area contributed by atoms with Crippen LogP contribution >= 0.6 is 0 Å². The van der Waals surface area contributed by atoms with Gasteiger partial charge in [-0.25, -0.2) is 0 Å². The van der Waals surface area contributed by atoms with Crippen molar-refractivity contribution in [2.75, 3.05) is 5.32 Å². The lowest BCUT2D eigenvalue weighted by Crippen LogP contribution is -2.31. The van der Waals surface area contributed by atoms with Gasteiger partial charge in [0.2, 0.25) is 0 Å². The number of amides is 2. The minimum atomic E-state index is -0.512. The highest BCUT2D eigenvalue weighted by atomic mass is 16.6. The fraction of sp³-hybridized carbons (Fsp3) is 0.111. The van der Waals surface area contributed by atoms with Crippen molar-refractivity contribution in [1.82, 2.24) is 4.90 Å². The lowest BCUT2D eigenvalue weighted by Gasteiger charge is -2.15. The molecule has 0 aliphatic carbocycles. The third-order valence-corrected chi connectivity index (χ3v) is 3.89. The van der Waals surface area contributed by atoms with Gasteiger partial charge in [-0.15, -0.1) is 0 Å². The highest BCUT2D eigenvalue weighted by molar-refractivity contribution is 6.17. The van der Waals surface area contributed by atoms with Gasteiger partial charge in [-0.3, -0.25) is 24.6 Å². The van der Waals surface area contributed by atoms with E-state index in [1.807, 2.05) is 30.3 Å². The van der Waals surface area contributed by atoms with E-state index in [0.717, 1.165) is 16.0 Å². The van der Waals surface area contributed by atoms with Crippen LogP contribution in [0.4, 0.5) is 11.4 Å². The molecule has 0 radical (unpaired) electrons. The second-order valence-corrected chi connectivity index (χ2v) is 5.65. The van der Waals surface area contributed by atoms with Gasteiger partial charge in [-0.05, 0) is 18.1 Å². The predicted molar refractivity (Wildman–Crippen MR) is 91.5 cm³/mol. The number of anilines is 1. The van der Waals surface area contributed by atoms with E-state index in [1.165, 1.54) is 18.2 Å². The summed E-state index contributed by atoms with van der Waals surface area (Å²) in [6.07, 6.45) is 1.21. The van der Waals surface area contributed by atoms with Crippen LogP contribution in [0.2, 0.25) is 0 Å². The van der Waals surface area contributed by atoms with Crippen molar-refractivity contribution < 1.29 is 14.5 Å². The third kappa shape index (κ3) is 3.40. The summed E-state index contributed by atoms with van der Waals surface area (Å²) in [5.74, 6) is -0.876. The molecule has 25 heavy (non-hydrogen) atoms. The van der Waals surface area contributed by atoms with Gasteiger partial charge in [-0.1, -0.05) is 36.4 Å². The summed E-state index contributed by atoms with van der Waals surface area (Å²) in [7, 11) is 0. The van der Waals surface area contributed by atoms with Crippen LogP contribution in [-0.2, 0) is 16.1 Å². The molecule has 0 fully saturated rings. The Hall–Kier alpha value is -3.48. The molecule has 0 atom stereocenters. The number of benzene rings is 2. The number of nitro benzene ring substituents is 1. The molecule has 0 saturated heterocycles. The molecule has 126 valence electrons. The van der Waals surface area contributed by atoms with Crippen LogP contribution in [0.3, 0.4) is 0 Å². The largest absolute Gasteiger partial charge is 0.350 e. The molecule has 7 heteroatoms. The summed E-state index contributed by atoms with van der Waals surface area (Å²) >= 11 is 0. The molecule has 0 saturated carbocycles. The van der Waals surface area contributed by atoms with E-state index in [4.69, 9.17) is 0 Å². The summed E-state index contributed by atoms with van der Waals surface area (Å²) in [6.45, 7) is 1.93. The second kappa shape index (κ2) is 6.56. The number of nitrogens with one attached hydrogen (secondary N) is 1. The molecule has 2 amide bonds. The number of imide groups is 1. The number of carbonyl (C=O) groups excluding carboxylic acids is 2. The molecular formula is C18H15N3O4. The molecule has 1 aliphatic heterocycles. The predicted octanol–water partition coefficient (Wildman–Crippen LogP) is 2.77. The number of nitro groups is 1. The first-order chi connectivity index (χ1) is 12.0. The van der Waals surface area contributed by atoms with Gasteiger partial charge >= 0.3 is 0 Å². The molecule has 0 aromatic heterocycles. The van der Waals surface area contributed by atoms with Crippen LogP contribution in [-0.4, -0.2) is 21.6 Å². The van der Waals surface area contributed by atoms with Crippen molar-refractivity contribution in [3.8, 4) is 0 Å². The zero-order valence-electron chi connectivity index (χ0n) is 13.4. The van der Waals surface area contributed by atoms with Crippen molar-refractivity contribution in [3.05, 3.63) is 81.5 Å². The lowest BCUT2D eigenvalue weighted by molar-refractivity contribution is -0.384. The standard InChI is InChI=1S/C18H15N3O4/c1-12-7-8-14(21(24)25)9-15(12)19-16-10-17(22)20(18(16)23)11-13-5-3-2-4-6-13/h2-10,19H,11H2,1H3. The van der Waals surface area contributed by atoms with Gasteiger partial charge in [0.1, 0.15) is 5.70 Å². The minimum absolute atomic E-state index is 0.0911. The number of hydrogen-bond acceptors (Lipinski definition) is 5. The lowest BCUT2D eigenvalue weighted by atomic mass is 10.1. The first-order valence-electron chi connectivity index (χ1n) is 7.59. The van der Waals surface area contributed by atoms with E-state index in [9.17, 15) is 19.7 Å². The molecule has 1 N–H and O–H groups in total. The molecule has 0 bridgehead atoms. The monoisotopic (exact) mass is 337 g/mol. The summed E-state index contributed by atoms with van der Waals surface area (Å²) < 4.78 is 0. The fourth-order valence-corrected chi connectivity index (χ4v) is 2.52. The zero-order chi connectivity index (χ0) is 18.0. The highest BCUT2D eigenvalue weighted by Crippen LogP contribution is 2.25. The Bertz CT molecular complexity index is 890. The van der Waals surface area contributed by atoms with E-state index in [-0.39, 0.29) is 17.9 Å². The summed E-state index contributed by atoms with van der Waals surface area (Å²) in [5.41, 5.74) is 2.00. The summed E-state index contributed by atoms with van der Waals surface area (Å²) in [5, 5.41) is 13.8. The number of nitrogens with zero attached hydrogens (tertiary/aromatic N) is 2. The third-order valence-electron chi connectivity index (χ3n) is 3.89. The maximum atomic E-state index is 12.5. The minimum Gasteiger partial charge on any atom is -0.350 e. The second-order valence-electron chi connectivity index (χ2n) is 5.65. The average molecular weight is 337 g/mol. The Morgan fingerprint density at radius 3 is 2.52 bits per heavy atom. The van der Waals surface area contributed by atoms with Crippen LogP contribution in [0, 0.1) is 17.0 Å². The molecule has 1 aliphatic rings. The van der Waals surface area contributed by atoms with Crippen LogP contribution < -0.4 is 5.32 Å². The Morgan fingerprint density at radius 2 is 1.84 bits per heavy atom. The van der Waals surface area contributed by atoms with Crippen molar-refractivity contribution in [2.24, 2.45) is 0 Å². The number of aryl methyl sites for hydroxylation is 1. The van der Waals surface area contributed by atoms with E-state index < -0.39 is 16.7 Å². The Labute approximate surface area is 143 Å². The Morgan fingerprint density at radius 1 is 1.12 bits per heavy atom. The maximum absolute atomic E-state index is 12.5. The zero-order valence-corrected chi connectivity index (χ0v) is 13.4. The number of carbonyl (C=O) groups is 2. The van der Waals surface area contributed by atoms with E-state index >= 15 is 0 Å². The number of hydrogen-bond donors (Lipinski definition) is 1. The molecule has 0 unspecified atom stereocenters. The van der Waals surface area contributed by atoms with Gasteiger partial charge in [0.05, 0.1) is 11.5 Å². The normalized spacial score (nSPS) is 13.8. The average Bonchev–Trinajstić information content (AvgIpc) is 2.85. The van der Waals surface area contributed by atoms with E-state index in [1.54, 1.807) is 13.0 Å². The molecule has 7 nitrogen and oxygen atoms in total. The maximum Gasteiger partial charge on any atom is 0.277 e. The smallest absolute Gasteiger partial charge is 0.277 e. The van der Waals surface area contributed by atoms with Crippen molar-refractivity contribution >= 4 is 23.2 Å². The van der Waals surface area contributed by atoms with Crippen LogP contribution in [0.25, 0.3) is 0 Å². The highest BCUT2D eigenvalue weighted by Gasteiger charge is 2.31. The SMILES string of the molecule is Cc1ccc([N+](=O)[O-])cc1NC1=CC(=O)N(Cc2ccccc2)C1=O. The van der Waals surface area contributed by atoms with E-state index in [0.29, 0.717) is 5.69 Å². The van der Waals surface area contributed by atoms with Crippen LogP contribution in [0.5, 0.6) is 0 Å². The molecule has 3 rings (SSSR count).